The molecule has 0 bridgehead atoms. The first-order chi connectivity index (χ1) is 7.64. The smallest absolute Gasteiger partial charge is 0.419 e. The summed E-state index contributed by atoms with van der Waals surface area (Å²) in [4.78, 5) is 10.4. The number of rotatable bonds is 2. The predicted octanol–water partition coefficient (Wildman–Crippen LogP) is 1.54. The zero-order valence-electron chi connectivity index (χ0n) is 8.12. The molecule has 0 amide bonds. The van der Waals surface area contributed by atoms with Gasteiger partial charge in [-0.25, -0.2) is 9.18 Å². The third kappa shape index (κ3) is 2.64. The van der Waals surface area contributed by atoms with Gasteiger partial charge in [0.05, 0.1) is 5.56 Å². The molecule has 4 N–H and O–H groups in total. The standard InChI is InChI=1S/C9H7F4NO3/c10-5-2-3(14)1-4(7(15)8(16)17)6(5)9(11,12)13/h1-2,7,15H,14H2,(H,16,17). The lowest BCUT2D eigenvalue weighted by atomic mass is 10.0. The molecule has 0 aliphatic carbocycles. The quantitative estimate of drug-likeness (QED) is 0.551. The summed E-state index contributed by atoms with van der Waals surface area (Å²) in [5, 5.41) is 17.5. The predicted molar refractivity (Wildman–Crippen MR) is 48.4 cm³/mol. The van der Waals surface area contributed by atoms with Crippen LogP contribution in [0, 0.1) is 5.82 Å². The Kier molecular flexibility index (Phi) is 3.28. The van der Waals surface area contributed by atoms with Crippen LogP contribution in [0.25, 0.3) is 0 Å². The second-order valence-electron chi connectivity index (χ2n) is 3.21. The molecule has 1 aromatic carbocycles. The number of nitrogens with two attached hydrogens (primary N) is 1. The fraction of sp³-hybridized carbons (Fsp3) is 0.222. The fourth-order valence-electron chi connectivity index (χ4n) is 1.30. The van der Waals surface area contributed by atoms with Gasteiger partial charge in [-0.1, -0.05) is 0 Å². The Bertz CT molecular complexity index is 458. The summed E-state index contributed by atoms with van der Waals surface area (Å²) >= 11 is 0. The summed E-state index contributed by atoms with van der Waals surface area (Å²) < 4.78 is 50.6. The number of aliphatic hydroxyl groups excluding tert-OH is 1. The number of aliphatic carboxylic acids is 1. The van der Waals surface area contributed by atoms with E-state index < -0.39 is 40.9 Å². The van der Waals surface area contributed by atoms with Gasteiger partial charge in [0.25, 0.3) is 0 Å². The first kappa shape index (κ1) is 13.2. The van der Waals surface area contributed by atoms with E-state index >= 15 is 0 Å². The lowest BCUT2D eigenvalue weighted by Gasteiger charge is -2.16. The molecule has 0 saturated heterocycles. The van der Waals surface area contributed by atoms with Crippen LogP contribution in [0.3, 0.4) is 0 Å². The van der Waals surface area contributed by atoms with Crippen LogP contribution in [0.5, 0.6) is 0 Å². The fourth-order valence-corrected chi connectivity index (χ4v) is 1.30. The van der Waals surface area contributed by atoms with Crippen LogP contribution in [0.1, 0.15) is 17.2 Å². The van der Waals surface area contributed by atoms with Crippen molar-refractivity contribution in [1.29, 1.82) is 0 Å². The van der Waals surface area contributed by atoms with Crippen LogP contribution >= 0.6 is 0 Å². The minimum absolute atomic E-state index is 0.404. The van der Waals surface area contributed by atoms with Crippen LogP contribution in [-0.2, 0) is 11.0 Å². The summed E-state index contributed by atoms with van der Waals surface area (Å²) in [5.41, 5.74) is 1.73. The van der Waals surface area contributed by atoms with Crippen molar-refractivity contribution in [3.63, 3.8) is 0 Å². The molecule has 0 saturated carbocycles. The Morgan fingerprint density at radius 3 is 2.29 bits per heavy atom. The number of hydrogen-bond acceptors (Lipinski definition) is 3. The molecule has 0 fully saturated rings. The Morgan fingerprint density at radius 2 is 1.88 bits per heavy atom. The number of carbonyl (C=O) groups is 1. The average Bonchev–Trinajstić information content (AvgIpc) is 2.12. The highest BCUT2D eigenvalue weighted by molar-refractivity contribution is 5.75. The summed E-state index contributed by atoms with van der Waals surface area (Å²) in [6.45, 7) is 0. The Labute approximate surface area is 92.3 Å². The number of alkyl halides is 3. The van der Waals surface area contributed by atoms with E-state index in [2.05, 4.69) is 0 Å². The third-order valence-corrected chi connectivity index (χ3v) is 1.96. The van der Waals surface area contributed by atoms with Crippen LogP contribution in [0.15, 0.2) is 12.1 Å². The van der Waals surface area contributed by atoms with Crippen LogP contribution in [0.2, 0.25) is 0 Å². The molecule has 94 valence electrons. The summed E-state index contributed by atoms with van der Waals surface area (Å²) in [7, 11) is 0. The molecule has 8 heteroatoms. The van der Waals surface area contributed by atoms with E-state index in [1.807, 2.05) is 0 Å². The summed E-state index contributed by atoms with van der Waals surface area (Å²) in [6, 6.07) is 0.978. The van der Waals surface area contributed by atoms with Crippen molar-refractivity contribution in [2.75, 3.05) is 5.73 Å². The number of aliphatic hydroxyl groups is 1. The minimum atomic E-state index is -5.12. The van der Waals surface area contributed by atoms with Crippen molar-refractivity contribution >= 4 is 11.7 Å². The van der Waals surface area contributed by atoms with Crippen LogP contribution in [0.4, 0.5) is 23.2 Å². The molecule has 0 aliphatic heterocycles. The maximum atomic E-state index is 13.1. The third-order valence-electron chi connectivity index (χ3n) is 1.96. The lowest BCUT2D eigenvalue weighted by Crippen LogP contribution is -2.19. The highest BCUT2D eigenvalue weighted by atomic mass is 19.4. The number of halogens is 4. The van der Waals surface area contributed by atoms with Crippen molar-refractivity contribution in [1.82, 2.24) is 0 Å². The van der Waals surface area contributed by atoms with Gasteiger partial charge < -0.3 is 15.9 Å². The first-order valence-corrected chi connectivity index (χ1v) is 4.21. The number of carboxylic acids is 1. The van der Waals surface area contributed by atoms with Gasteiger partial charge in [0.15, 0.2) is 6.10 Å². The number of benzene rings is 1. The maximum absolute atomic E-state index is 13.1. The normalized spacial score (nSPS) is 13.5. The van der Waals surface area contributed by atoms with Gasteiger partial charge in [-0.15, -0.1) is 0 Å². The molecular formula is C9H7F4NO3. The molecular weight excluding hydrogens is 246 g/mol. The van der Waals surface area contributed by atoms with Crippen molar-refractivity contribution < 1.29 is 32.6 Å². The van der Waals surface area contributed by atoms with Gasteiger partial charge in [0.1, 0.15) is 5.82 Å². The van der Waals surface area contributed by atoms with Gasteiger partial charge in [-0.05, 0) is 12.1 Å². The lowest BCUT2D eigenvalue weighted by molar-refractivity contribution is -0.149. The molecule has 0 aliphatic rings. The van der Waals surface area contributed by atoms with Crippen LogP contribution < -0.4 is 5.73 Å². The van der Waals surface area contributed by atoms with E-state index in [1.54, 1.807) is 0 Å². The summed E-state index contributed by atoms with van der Waals surface area (Å²) in [6.07, 6.45) is -7.62. The van der Waals surface area contributed by atoms with Gasteiger partial charge in [0, 0.05) is 11.3 Å². The molecule has 0 heterocycles. The highest BCUT2D eigenvalue weighted by Gasteiger charge is 2.40. The molecule has 17 heavy (non-hydrogen) atoms. The Hall–Kier alpha value is -1.83. The van der Waals surface area contributed by atoms with Crippen molar-refractivity contribution in [2.45, 2.75) is 12.3 Å². The zero-order chi connectivity index (χ0) is 13.4. The SMILES string of the molecule is Nc1cc(F)c(C(F)(F)F)c(C(O)C(=O)O)c1. The number of hydrogen-bond donors (Lipinski definition) is 3. The van der Waals surface area contributed by atoms with E-state index in [1.165, 1.54) is 0 Å². The monoisotopic (exact) mass is 253 g/mol. The van der Waals surface area contributed by atoms with Gasteiger partial charge in [-0.3, -0.25) is 0 Å². The second kappa shape index (κ2) is 4.21. The van der Waals surface area contributed by atoms with E-state index in [-0.39, 0.29) is 0 Å². The first-order valence-electron chi connectivity index (χ1n) is 4.21. The van der Waals surface area contributed by atoms with E-state index in [9.17, 15) is 22.4 Å². The second-order valence-corrected chi connectivity index (χ2v) is 3.21. The minimum Gasteiger partial charge on any atom is -0.479 e. The van der Waals surface area contributed by atoms with E-state index in [4.69, 9.17) is 15.9 Å². The van der Waals surface area contributed by atoms with E-state index in [0.717, 1.165) is 0 Å². The topological polar surface area (TPSA) is 83.5 Å². The molecule has 1 unspecified atom stereocenters. The van der Waals surface area contributed by atoms with Crippen molar-refractivity contribution in [3.05, 3.63) is 29.1 Å². The van der Waals surface area contributed by atoms with Crippen LogP contribution in [-0.4, -0.2) is 16.2 Å². The number of carboxylic acid groups (broad SMARTS) is 1. The van der Waals surface area contributed by atoms with Gasteiger partial charge in [0.2, 0.25) is 0 Å². The maximum Gasteiger partial charge on any atom is 0.419 e. The van der Waals surface area contributed by atoms with Crippen molar-refractivity contribution in [3.8, 4) is 0 Å². The Morgan fingerprint density at radius 1 is 1.35 bits per heavy atom. The van der Waals surface area contributed by atoms with E-state index in [0.29, 0.717) is 12.1 Å². The molecule has 4 nitrogen and oxygen atoms in total. The molecule has 1 rings (SSSR count). The highest BCUT2D eigenvalue weighted by Crippen LogP contribution is 2.37. The number of anilines is 1. The van der Waals surface area contributed by atoms with Gasteiger partial charge >= 0.3 is 12.1 Å². The molecule has 1 atom stereocenters. The Balaban J connectivity index is 3.52. The largest absolute Gasteiger partial charge is 0.479 e. The molecule has 0 spiro atoms. The molecule has 0 aromatic heterocycles. The number of nitrogen functional groups attached to an aromatic ring is 1. The van der Waals surface area contributed by atoms with Gasteiger partial charge in [-0.2, -0.15) is 13.2 Å². The molecule has 0 radical (unpaired) electrons. The summed E-state index contributed by atoms with van der Waals surface area (Å²) in [5.74, 6) is -3.66. The van der Waals surface area contributed by atoms with Crippen molar-refractivity contribution in [2.24, 2.45) is 0 Å². The molecule has 1 aromatic rings. The average molecular weight is 253 g/mol. The zero-order valence-corrected chi connectivity index (χ0v) is 8.12.